The van der Waals surface area contributed by atoms with E-state index < -0.39 is 0 Å². The monoisotopic (exact) mass is 505 g/mol. The minimum Gasteiger partial charge on any atom is -0.367 e. The third-order valence-electron chi connectivity index (χ3n) is 7.45. The van der Waals surface area contributed by atoms with Gasteiger partial charge in [-0.2, -0.15) is 10.5 Å². The van der Waals surface area contributed by atoms with E-state index >= 15 is 0 Å². The zero-order chi connectivity index (χ0) is 26.5. The lowest BCUT2D eigenvalue weighted by Crippen LogP contribution is -2.49. The van der Waals surface area contributed by atoms with Gasteiger partial charge in [-0.3, -0.25) is 9.69 Å². The Morgan fingerprint density at radius 1 is 0.842 bits per heavy atom. The number of rotatable bonds is 5. The van der Waals surface area contributed by atoms with Crippen molar-refractivity contribution in [2.24, 2.45) is 0 Å². The molecule has 1 aromatic heterocycles. The van der Waals surface area contributed by atoms with Gasteiger partial charge in [0.2, 0.25) is 0 Å². The fourth-order valence-electron chi connectivity index (χ4n) is 5.27. The minimum atomic E-state index is 0.0709. The third kappa shape index (κ3) is 5.32. The summed E-state index contributed by atoms with van der Waals surface area (Å²) in [6.45, 7) is 8.79. The van der Waals surface area contributed by atoms with Gasteiger partial charge in [0.1, 0.15) is 18.0 Å². The van der Waals surface area contributed by atoms with Gasteiger partial charge in [0, 0.05) is 70.7 Å². The van der Waals surface area contributed by atoms with Crippen LogP contribution < -0.4 is 9.80 Å². The Hall–Kier alpha value is -4.40. The smallest absolute Gasteiger partial charge is 0.254 e. The number of amides is 1. The van der Waals surface area contributed by atoms with Gasteiger partial charge in [0.15, 0.2) is 0 Å². The van der Waals surface area contributed by atoms with E-state index in [0.29, 0.717) is 37.3 Å². The van der Waals surface area contributed by atoms with Crippen molar-refractivity contribution in [2.45, 2.75) is 13.5 Å². The van der Waals surface area contributed by atoms with Crippen molar-refractivity contribution >= 4 is 17.4 Å². The molecule has 0 saturated carbocycles. The summed E-state index contributed by atoms with van der Waals surface area (Å²) in [6.07, 6.45) is 1.73. The van der Waals surface area contributed by atoms with E-state index in [2.05, 4.69) is 37.9 Å². The van der Waals surface area contributed by atoms with Crippen LogP contribution in [0.1, 0.15) is 32.6 Å². The molecule has 0 aliphatic carbocycles. The van der Waals surface area contributed by atoms with E-state index in [1.54, 1.807) is 12.3 Å². The summed E-state index contributed by atoms with van der Waals surface area (Å²) in [4.78, 5) is 26.6. The number of hydrogen-bond acceptors (Lipinski definition) is 7. The van der Waals surface area contributed by atoms with Gasteiger partial charge in [-0.15, -0.1) is 0 Å². The van der Waals surface area contributed by atoms with Crippen molar-refractivity contribution < 1.29 is 4.79 Å². The molecule has 1 amide bonds. The van der Waals surface area contributed by atoms with Gasteiger partial charge in [-0.25, -0.2) is 4.98 Å². The summed E-state index contributed by atoms with van der Waals surface area (Å²) in [5.41, 5.74) is 5.09. The maximum Gasteiger partial charge on any atom is 0.254 e. The molecule has 3 heterocycles. The van der Waals surface area contributed by atoms with E-state index in [9.17, 15) is 15.3 Å². The van der Waals surface area contributed by atoms with Crippen LogP contribution in [-0.2, 0) is 6.54 Å². The number of aryl methyl sites for hydroxylation is 1. The number of nitriles is 2. The van der Waals surface area contributed by atoms with Crippen LogP contribution in [0.15, 0.2) is 60.8 Å². The lowest BCUT2D eigenvalue weighted by atomic mass is 10.0. The predicted octanol–water partition coefficient (Wildman–Crippen LogP) is 3.42. The highest BCUT2D eigenvalue weighted by atomic mass is 16.2. The topological polar surface area (TPSA) is 90.5 Å². The molecule has 8 nitrogen and oxygen atoms in total. The first kappa shape index (κ1) is 25.3. The number of nitrogens with zero attached hydrogens (tertiary/aromatic N) is 7. The predicted molar refractivity (Wildman–Crippen MR) is 147 cm³/mol. The number of carbonyl (C=O) groups excluding carboxylic acids is 1. The molecule has 0 unspecified atom stereocenters. The first-order chi connectivity index (χ1) is 18.6. The van der Waals surface area contributed by atoms with Gasteiger partial charge >= 0.3 is 0 Å². The zero-order valence-corrected chi connectivity index (χ0v) is 21.7. The van der Waals surface area contributed by atoms with Gasteiger partial charge in [-0.05, 0) is 48.4 Å². The molecular formula is C30H31N7O. The molecule has 2 saturated heterocycles. The Bertz CT molecular complexity index is 1390. The normalized spacial score (nSPS) is 16.1. The Kier molecular flexibility index (Phi) is 7.53. The zero-order valence-electron chi connectivity index (χ0n) is 21.7. The number of anilines is 2. The maximum absolute atomic E-state index is 13.5. The van der Waals surface area contributed by atoms with E-state index in [1.807, 2.05) is 54.3 Å². The molecule has 2 aliphatic heterocycles. The number of piperazine rings is 2. The molecule has 2 aromatic carbocycles. The van der Waals surface area contributed by atoms with Crippen molar-refractivity contribution in [2.75, 3.05) is 62.2 Å². The van der Waals surface area contributed by atoms with E-state index in [4.69, 9.17) is 0 Å². The number of hydrogen-bond donors (Lipinski definition) is 0. The van der Waals surface area contributed by atoms with Crippen molar-refractivity contribution in [3.8, 4) is 12.1 Å². The van der Waals surface area contributed by atoms with Crippen molar-refractivity contribution in [1.29, 1.82) is 10.5 Å². The Balaban J connectivity index is 1.20. The lowest BCUT2D eigenvalue weighted by Gasteiger charge is -2.37. The summed E-state index contributed by atoms with van der Waals surface area (Å²) in [7, 11) is 0. The average Bonchev–Trinajstić information content (AvgIpc) is 2.98. The van der Waals surface area contributed by atoms with Gasteiger partial charge in [0.05, 0.1) is 16.8 Å². The summed E-state index contributed by atoms with van der Waals surface area (Å²) < 4.78 is 0. The number of benzene rings is 2. The Morgan fingerprint density at radius 2 is 1.53 bits per heavy atom. The van der Waals surface area contributed by atoms with Crippen LogP contribution in [0.4, 0.5) is 11.5 Å². The first-order valence-electron chi connectivity index (χ1n) is 13.0. The average molecular weight is 506 g/mol. The second-order valence-corrected chi connectivity index (χ2v) is 9.81. The van der Waals surface area contributed by atoms with Crippen LogP contribution in [0.3, 0.4) is 0 Å². The van der Waals surface area contributed by atoms with Crippen molar-refractivity contribution in [3.63, 3.8) is 0 Å². The summed E-state index contributed by atoms with van der Waals surface area (Å²) in [6, 6.07) is 22.0. The van der Waals surface area contributed by atoms with Crippen LogP contribution in [0, 0.1) is 29.6 Å². The van der Waals surface area contributed by atoms with E-state index in [0.717, 1.165) is 60.9 Å². The molecule has 5 rings (SSSR count). The summed E-state index contributed by atoms with van der Waals surface area (Å²) in [5.74, 6) is 0.829. The highest BCUT2D eigenvalue weighted by molar-refractivity contribution is 5.96. The first-order valence-corrected chi connectivity index (χ1v) is 13.0. The summed E-state index contributed by atoms with van der Waals surface area (Å²) >= 11 is 0. The molecule has 2 aliphatic rings. The standard InChI is InChI=1S/C30H31N7O/c1-23-8-9-24(22-34-11-13-36(14-12-34)29-26(21-32)6-4-10-33-29)19-27(23)30(38)37-17-15-35(16-18-37)28-7-3-2-5-25(28)20-31/h2-10,19H,11-18,22H2,1H3. The van der Waals surface area contributed by atoms with Crippen molar-refractivity contribution in [1.82, 2.24) is 14.8 Å². The third-order valence-corrected chi connectivity index (χ3v) is 7.45. The Morgan fingerprint density at radius 3 is 2.26 bits per heavy atom. The number of aromatic nitrogens is 1. The second-order valence-electron chi connectivity index (χ2n) is 9.81. The number of para-hydroxylation sites is 1. The molecule has 0 spiro atoms. The highest BCUT2D eigenvalue weighted by Crippen LogP contribution is 2.23. The molecule has 0 atom stereocenters. The van der Waals surface area contributed by atoms with Crippen LogP contribution in [0.5, 0.6) is 0 Å². The van der Waals surface area contributed by atoms with Crippen molar-refractivity contribution in [3.05, 3.63) is 88.6 Å². The number of carbonyl (C=O) groups is 1. The molecule has 192 valence electrons. The molecule has 0 N–H and O–H groups in total. The fraction of sp³-hybridized carbons (Fsp3) is 0.333. The number of pyridine rings is 1. The molecule has 38 heavy (non-hydrogen) atoms. The highest BCUT2D eigenvalue weighted by Gasteiger charge is 2.25. The van der Waals surface area contributed by atoms with E-state index in [1.165, 1.54) is 0 Å². The van der Waals surface area contributed by atoms with Gasteiger partial charge < -0.3 is 14.7 Å². The largest absolute Gasteiger partial charge is 0.367 e. The van der Waals surface area contributed by atoms with Gasteiger partial charge in [0.25, 0.3) is 5.91 Å². The maximum atomic E-state index is 13.5. The van der Waals surface area contributed by atoms with Crippen LogP contribution in [-0.4, -0.2) is 73.0 Å². The van der Waals surface area contributed by atoms with Crippen LogP contribution >= 0.6 is 0 Å². The minimum absolute atomic E-state index is 0.0709. The lowest BCUT2D eigenvalue weighted by molar-refractivity contribution is 0.0746. The fourth-order valence-corrected chi connectivity index (χ4v) is 5.27. The molecule has 0 radical (unpaired) electrons. The Labute approximate surface area is 223 Å². The van der Waals surface area contributed by atoms with Crippen LogP contribution in [0.2, 0.25) is 0 Å². The molecule has 8 heteroatoms. The van der Waals surface area contributed by atoms with Crippen LogP contribution in [0.25, 0.3) is 0 Å². The molecular weight excluding hydrogens is 474 g/mol. The van der Waals surface area contributed by atoms with E-state index in [-0.39, 0.29) is 5.91 Å². The SMILES string of the molecule is Cc1ccc(CN2CCN(c3ncccc3C#N)CC2)cc1C(=O)N1CCN(c2ccccc2C#N)CC1. The van der Waals surface area contributed by atoms with Gasteiger partial charge in [-0.1, -0.05) is 24.3 Å². The molecule has 0 bridgehead atoms. The second kappa shape index (κ2) is 11.3. The molecule has 3 aromatic rings. The molecule has 2 fully saturated rings. The quantitative estimate of drug-likeness (QED) is 0.525. The summed E-state index contributed by atoms with van der Waals surface area (Å²) in [5, 5.41) is 18.8.